The van der Waals surface area contributed by atoms with Gasteiger partial charge in [-0.15, -0.1) is 11.3 Å². The fraction of sp³-hybridized carbons (Fsp3) is 0.231. The first-order chi connectivity index (χ1) is 18.6. The number of amides is 1. The number of methoxy groups -OCH3 is 2. The van der Waals surface area contributed by atoms with Crippen LogP contribution in [-0.2, 0) is 4.74 Å². The number of nitro groups is 1. The zero-order valence-electron chi connectivity index (χ0n) is 21.7. The van der Waals surface area contributed by atoms with E-state index >= 15 is 0 Å². The van der Waals surface area contributed by atoms with E-state index in [-0.39, 0.29) is 45.1 Å². The van der Waals surface area contributed by atoms with Crippen molar-refractivity contribution in [3.05, 3.63) is 78.6 Å². The molecule has 39 heavy (non-hydrogen) atoms. The van der Waals surface area contributed by atoms with Crippen LogP contribution >= 0.6 is 11.3 Å². The van der Waals surface area contributed by atoms with E-state index in [2.05, 4.69) is 10.4 Å². The van der Waals surface area contributed by atoms with Gasteiger partial charge in [-0.25, -0.2) is 4.79 Å². The quantitative estimate of drug-likeness (QED) is 0.190. The maximum absolute atomic E-state index is 13.7. The molecule has 202 valence electrons. The van der Waals surface area contributed by atoms with Crippen LogP contribution in [0.15, 0.2) is 40.5 Å². The minimum atomic E-state index is -0.863. The third-order valence-electron chi connectivity index (χ3n) is 6.03. The number of fused-ring (bicyclic) bond motifs is 1. The number of hydrogen-bond acceptors (Lipinski definition) is 10. The molecule has 0 aliphatic rings. The second-order valence-electron chi connectivity index (χ2n) is 8.34. The number of benzene rings is 2. The van der Waals surface area contributed by atoms with E-state index in [1.807, 2.05) is 19.9 Å². The van der Waals surface area contributed by atoms with Gasteiger partial charge in [-0.1, -0.05) is 6.07 Å². The largest absolute Gasteiger partial charge is 0.493 e. The van der Waals surface area contributed by atoms with Crippen molar-refractivity contribution in [2.75, 3.05) is 26.1 Å². The molecule has 2 aromatic heterocycles. The Morgan fingerprint density at radius 1 is 1.10 bits per heavy atom. The van der Waals surface area contributed by atoms with E-state index in [0.717, 1.165) is 33.2 Å². The Morgan fingerprint density at radius 3 is 2.41 bits per heavy atom. The Morgan fingerprint density at radius 2 is 1.79 bits per heavy atom. The summed E-state index contributed by atoms with van der Waals surface area (Å²) < 4.78 is 16.5. The summed E-state index contributed by atoms with van der Waals surface area (Å²) in [4.78, 5) is 50.8. The standard InChI is InChI=1S/C26H24N4O8S/c1-6-38-26(33)22-17-12-39-24(21(17)25(32)29(28-22)15-8-7-13(2)14(3)9-15)27-23(31)16-10-19(36-4)20(37-5)11-18(16)30(34)35/h7-12H,6H2,1-5H3,(H,27,31). The predicted octanol–water partition coefficient (Wildman–Crippen LogP) is 4.42. The first-order valence-corrected chi connectivity index (χ1v) is 12.5. The number of aryl methyl sites for hydroxylation is 2. The lowest BCUT2D eigenvalue weighted by Crippen LogP contribution is -2.25. The van der Waals surface area contributed by atoms with Gasteiger partial charge in [0.05, 0.1) is 42.9 Å². The second kappa shape index (κ2) is 10.9. The van der Waals surface area contributed by atoms with Crippen molar-refractivity contribution in [2.24, 2.45) is 0 Å². The molecule has 0 unspecified atom stereocenters. The normalized spacial score (nSPS) is 10.8. The molecule has 0 aliphatic carbocycles. The average Bonchev–Trinajstić information content (AvgIpc) is 3.33. The van der Waals surface area contributed by atoms with E-state index in [1.165, 1.54) is 25.7 Å². The smallest absolute Gasteiger partial charge is 0.359 e. The molecular formula is C26H24N4O8S. The highest BCUT2D eigenvalue weighted by atomic mass is 32.1. The highest BCUT2D eigenvalue weighted by Crippen LogP contribution is 2.36. The van der Waals surface area contributed by atoms with Gasteiger partial charge < -0.3 is 19.5 Å². The summed E-state index contributed by atoms with van der Waals surface area (Å²) in [6.07, 6.45) is 0. The number of thiophene rings is 1. The summed E-state index contributed by atoms with van der Waals surface area (Å²) in [7, 11) is 2.64. The first kappa shape index (κ1) is 27.3. The zero-order valence-corrected chi connectivity index (χ0v) is 22.5. The summed E-state index contributed by atoms with van der Waals surface area (Å²) >= 11 is 0.972. The summed E-state index contributed by atoms with van der Waals surface area (Å²) in [5, 5.41) is 20.4. The maximum Gasteiger partial charge on any atom is 0.359 e. The van der Waals surface area contributed by atoms with Gasteiger partial charge in [0, 0.05) is 16.8 Å². The molecule has 1 amide bonds. The van der Waals surface area contributed by atoms with Crippen molar-refractivity contribution in [3.63, 3.8) is 0 Å². The molecule has 12 nitrogen and oxygen atoms in total. The van der Waals surface area contributed by atoms with Crippen LogP contribution in [-0.4, -0.2) is 47.4 Å². The van der Waals surface area contributed by atoms with Crippen molar-refractivity contribution in [3.8, 4) is 17.2 Å². The lowest BCUT2D eigenvalue weighted by molar-refractivity contribution is -0.385. The van der Waals surface area contributed by atoms with Gasteiger partial charge in [-0.2, -0.15) is 9.78 Å². The highest BCUT2D eigenvalue weighted by Gasteiger charge is 2.27. The van der Waals surface area contributed by atoms with Crippen LogP contribution in [0.4, 0.5) is 10.7 Å². The minimum absolute atomic E-state index is 0.00719. The molecule has 2 heterocycles. The predicted molar refractivity (Wildman–Crippen MR) is 145 cm³/mol. The number of anilines is 1. The van der Waals surface area contributed by atoms with Crippen LogP contribution in [0.25, 0.3) is 16.5 Å². The van der Waals surface area contributed by atoms with E-state index in [0.29, 0.717) is 5.69 Å². The molecule has 0 saturated carbocycles. The third-order valence-corrected chi connectivity index (χ3v) is 6.92. The van der Waals surface area contributed by atoms with Crippen LogP contribution in [0.2, 0.25) is 0 Å². The number of ether oxygens (including phenoxy) is 3. The number of esters is 1. The van der Waals surface area contributed by atoms with E-state index in [9.17, 15) is 24.5 Å². The van der Waals surface area contributed by atoms with E-state index in [4.69, 9.17) is 14.2 Å². The van der Waals surface area contributed by atoms with Crippen molar-refractivity contribution in [1.82, 2.24) is 9.78 Å². The number of nitrogens with one attached hydrogen (secondary N) is 1. The lowest BCUT2D eigenvalue weighted by atomic mass is 10.1. The SMILES string of the molecule is CCOC(=O)c1nn(-c2ccc(C)c(C)c2)c(=O)c2c(NC(=O)c3cc(OC)c(OC)cc3[N+](=O)[O-])scc12. The molecule has 0 aliphatic heterocycles. The molecule has 0 atom stereocenters. The zero-order chi connectivity index (χ0) is 28.4. The molecule has 1 N–H and O–H groups in total. The van der Waals surface area contributed by atoms with Crippen molar-refractivity contribution in [2.45, 2.75) is 20.8 Å². The van der Waals surface area contributed by atoms with Gasteiger partial charge in [0.15, 0.2) is 17.2 Å². The highest BCUT2D eigenvalue weighted by molar-refractivity contribution is 7.16. The molecule has 4 rings (SSSR count). The lowest BCUT2D eigenvalue weighted by Gasteiger charge is -2.12. The molecule has 0 radical (unpaired) electrons. The number of nitro benzene ring substituents is 1. The number of carbonyl (C=O) groups excluding carboxylic acids is 2. The monoisotopic (exact) mass is 552 g/mol. The van der Waals surface area contributed by atoms with Crippen LogP contribution in [0.1, 0.15) is 38.9 Å². The minimum Gasteiger partial charge on any atom is -0.493 e. The number of carbonyl (C=O) groups is 2. The fourth-order valence-electron chi connectivity index (χ4n) is 3.90. The van der Waals surface area contributed by atoms with E-state index in [1.54, 1.807) is 19.1 Å². The Bertz CT molecular complexity index is 1690. The Labute approximate surface area is 225 Å². The van der Waals surface area contributed by atoms with Gasteiger partial charge in [0.1, 0.15) is 10.6 Å². The van der Waals surface area contributed by atoms with Gasteiger partial charge in [0.2, 0.25) is 0 Å². The van der Waals surface area contributed by atoms with Gasteiger partial charge in [0.25, 0.3) is 17.2 Å². The average molecular weight is 553 g/mol. The number of rotatable bonds is 8. The van der Waals surface area contributed by atoms with Gasteiger partial charge in [-0.3, -0.25) is 19.7 Å². The topological polar surface area (TPSA) is 152 Å². The Hall–Kier alpha value is -4.78. The number of nitrogens with zero attached hydrogens (tertiary/aromatic N) is 3. The number of hydrogen-bond donors (Lipinski definition) is 1. The van der Waals surface area contributed by atoms with Gasteiger partial charge in [-0.05, 0) is 44.0 Å². The van der Waals surface area contributed by atoms with Crippen molar-refractivity contribution < 1.29 is 28.7 Å². The van der Waals surface area contributed by atoms with E-state index < -0.39 is 28.0 Å². The Balaban J connectivity index is 1.90. The summed E-state index contributed by atoms with van der Waals surface area (Å²) in [6, 6.07) is 7.52. The van der Waals surface area contributed by atoms with Crippen molar-refractivity contribution >= 4 is 44.7 Å². The molecule has 0 bridgehead atoms. The van der Waals surface area contributed by atoms with Crippen LogP contribution in [0, 0.1) is 24.0 Å². The van der Waals surface area contributed by atoms with Crippen LogP contribution in [0.5, 0.6) is 11.5 Å². The summed E-state index contributed by atoms with van der Waals surface area (Å²) in [5.41, 5.74) is 0.769. The fourth-order valence-corrected chi connectivity index (χ4v) is 4.83. The number of aromatic nitrogens is 2. The van der Waals surface area contributed by atoms with Crippen LogP contribution in [0.3, 0.4) is 0 Å². The molecule has 13 heteroatoms. The molecule has 4 aromatic rings. The summed E-state index contributed by atoms with van der Waals surface area (Å²) in [6.45, 7) is 5.52. The molecule has 0 spiro atoms. The Kier molecular flexibility index (Phi) is 7.63. The molecular weight excluding hydrogens is 528 g/mol. The summed E-state index contributed by atoms with van der Waals surface area (Å²) in [5.74, 6) is -1.43. The molecule has 2 aromatic carbocycles. The first-order valence-electron chi connectivity index (χ1n) is 11.6. The molecule has 0 saturated heterocycles. The molecule has 0 fully saturated rings. The van der Waals surface area contributed by atoms with Crippen molar-refractivity contribution in [1.29, 1.82) is 0 Å². The third kappa shape index (κ3) is 5.03. The van der Waals surface area contributed by atoms with Crippen LogP contribution < -0.4 is 20.3 Å². The maximum atomic E-state index is 13.7. The van der Waals surface area contributed by atoms with Gasteiger partial charge >= 0.3 is 5.97 Å². The second-order valence-corrected chi connectivity index (χ2v) is 9.22.